The van der Waals surface area contributed by atoms with Gasteiger partial charge in [0.15, 0.2) is 0 Å². The predicted molar refractivity (Wildman–Crippen MR) is 71.7 cm³/mol. The molecule has 1 aromatic carbocycles. The summed E-state index contributed by atoms with van der Waals surface area (Å²) in [6.07, 6.45) is 3.89. The quantitative estimate of drug-likeness (QED) is 0.896. The Morgan fingerprint density at radius 3 is 2.39 bits per heavy atom. The summed E-state index contributed by atoms with van der Waals surface area (Å²) in [6, 6.07) is 6.60. The Balaban J connectivity index is 2.37. The maximum absolute atomic E-state index is 12.9. The molecule has 3 nitrogen and oxygen atoms in total. The number of hydrogen-bond acceptors (Lipinski definition) is 2. The highest BCUT2D eigenvalue weighted by Gasteiger charge is 2.13. The SMILES string of the molecule is CCC(CC)n1cc(N)c(-c2ccc(F)cc2)n1. The number of nitrogens with zero attached hydrogens (tertiary/aromatic N) is 2. The van der Waals surface area contributed by atoms with Gasteiger partial charge in [-0.25, -0.2) is 4.39 Å². The first-order valence-electron chi connectivity index (χ1n) is 6.26. The lowest BCUT2D eigenvalue weighted by molar-refractivity contribution is 0.429. The molecule has 0 amide bonds. The van der Waals surface area contributed by atoms with Crippen molar-refractivity contribution in [2.24, 2.45) is 0 Å². The van der Waals surface area contributed by atoms with E-state index in [1.807, 2.05) is 10.9 Å². The van der Waals surface area contributed by atoms with E-state index in [1.165, 1.54) is 12.1 Å². The van der Waals surface area contributed by atoms with Gasteiger partial charge >= 0.3 is 0 Å². The van der Waals surface area contributed by atoms with Crippen LogP contribution in [-0.2, 0) is 0 Å². The molecule has 0 unspecified atom stereocenters. The Hall–Kier alpha value is -1.84. The van der Waals surface area contributed by atoms with Crippen LogP contribution in [0.1, 0.15) is 32.7 Å². The van der Waals surface area contributed by atoms with E-state index in [2.05, 4.69) is 18.9 Å². The average molecular weight is 247 g/mol. The Bertz CT molecular complexity index is 512. The minimum Gasteiger partial charge on any atom is -0.396 e. The van der Waals surface area contributed by atoms with Crippen molar-refractivity contribution in [1.29, 1.82) is 0 Å². The van der Waals surface area contributed by atoms with E-state index < -0.39 is 0 Å². The first kappa shape index (κ1) is 12.6. The van der Waals surface area contributed by atoms with Crippen LogP contribution in [0.25, 0.3) is 11.3 Å². The summed E-state index contributed by atoms with van der Waals surface area (Å²) in [7, 11) is 0. The zero-order chi connectivity index (χ0) is 13.1. The molecular formula is C14H18FN3. The summed E-state index contributed by atoms with van der Waals surface area (Å²) in [4.78, 5) is 0. The number of rotatable bonds is 4. The molecule has 1 heterocycles. The van der Waals surface area contributed by atoms with Gasteiger partial charge in [0.25, 0.3) is 0 Å². The monoisotopic (exact) mass is 247 g/mol. The number of nitrogens with two attached hydrogens (primary N) is 1. The predicted octanol–water partition coefficient (Wildman–Crippen LogP) is 3.63. The van der Waals surface area contributed by atoms with Gasteiger partial charge in [0, 0.05) is 11.8 Å². The lowest BCUT2D eigenvalue weighted by atomic mass is 10.1. The molecule has 0 aliphatic carbocycles. The number of hydrogen-bond donors (Lipinski definition) is 1. The van der Waals surface area contributed by atoms with Crippen molar-refractivity contribution in [3.63, 3.8) is 0 Å². The number of halogens is 1. The van der Waals surface area contributed by atoms with Crippen LogP contribution < -0.4 is 5.73 Å². The van der Waals surface area contributed by atoms with E-state index >= 15 is 0 Å². The number of benzene rings is 1. The molecule has 2 aromatic rings. The van der Waals surface area contributed by atoms with Crippen LogP contribution in [0.2, 0.25) is 0 Å². The van der Waals surface area contributed by atoms with Crippen LogP contribution in [0.4, 0.5) is 10.1 Å². The molecule has 96 valence electrons. The van der Waals surface area contributed by atoms with E-state index in [4.69, 9.17) is 5.73 Å². The van der Waals surface area contributed by atoms with Crippen LogP contribution in [0.15, 0.2) is 30.5 Å². The average Bonchev–Trinajstić information content (AvgIpc) is 2.74. The zero-order valence-electron chi connectivity index (χ0n) is 10.7. The molecule has 0 atom stereocenters. The molecule has 0 fully saturated rings. The molecule has 0 aliphatic heterocycles. The first-order valence-corrected chi connectivity index (χ1v) is 6.26. The number of anilines is 1. The van der Waals surface area contributed by atoms with Gasteiger partial charge in [0.2, 0.25) is 0 Å². The van der Waals surface area contributed by atoms with Gasteiger partial charge < -0.3 is 5.73 Å². The van der Waals surface area contributed by atoms with Gasteiger partial charge in [-0.15, -0.1) is 0 Å². The van der Waals surface area contributed by atoms with Crippen molar-refractivity contribution in [1.82, 2.24) is 9.78 Å². The lowest BCUT2D eigenvalue weighted by Crippen LogP contribution is -2.07. The van der Waals surface area contributed by atoms with Gasteiger partial charge in [-0.3, -0.25) is 4.68 Å². The zero-order valence-corrected chi connectivity index (χ0v) is 10.7. The van der Waals surface area contributed by atoms with Crippen molar-refractivity contribution in [2.45, 2.75) is 32.7 Å². The van der Waals surface area contributed by atoms with E-state index in [1.54, 1.807) is 12.1 Å². The third kappa shape index (κ3) is 2.37. The fraction of sp³-hybridized carbons (Fsp3) is 0.357. The van der Waals surface area contributed by atoms with E-state index in [0.717, 1.165) is 24.1 Å². The molecule has 0 aliphatic rings. The molecule has 0 radical (unpaired) electrons. The van der Waals surface area contributed by atoms with Crippen molar-refractivity contribution < 1.29 is 4.39 Å². The summed E-state index contributed by atoms with van der Waals surface area (Å²) in [5.41, 5.74) is 8.18. The van der Waals surface area contributed by atoms with Crippen molar-refractivity contribution in [3.05, 3.63) is 36.3 Å². The van der Waals surface area contributed by atoms with Gasteiger partial charge in [0.05, 0.1) is 11.7 Å². The summed E-state index contributed by atoms with van der Waals surface area (Å²) < 4.78 is 14.8. The second-order valence-electron chi connectivity index (χ2n) is 4.39. The van der Waals surface area contributed by atoms with Crippen LogP contribution in [0.3, 0.4) is 0 Å². The Morgan fingerprint density at radius 1 is 1.22 bits per heavy atom. The summed E-state index contributed by atoms with van der Waals surface area (Å²) >= 11 is 0. The van der Waals surface area contributed by atoms with Gasteiger partial charge in [0.1, 0.15) is 11.5 Å². The van der Waals surface area contributed by atoms with Gasteiger partial charge in [-0.05, 0) is 37.1 Å². The highest BCUT2D eigenvalue weighted by Crippen LogP contribution is 2.27. The van der Waals surface area contributed by atoms with Crippen LogP contribution in [0, 0.1) is 5.82 Å². The van der Waals surface area contributed by atoms with Crippen molar-refractivity contribution in [3.8, 4) is 11.3 Å². The van der Waals surface area contributed by atoms with Crippen molar-refractivity contribution >= 4 is 5.69 Å². The van der Waals surface area contributed by atoms with E-state index in [0.29, 0.717) is 11.7 Å². The maximum Gasteiger partial charge on any atom is 0.123 e. The van der Waals surface area contributed by atoms with Gasteiger partial charge in [-0.2, -0.15) is 5.10 Å². The molecule has 2 rings (SSSR count). The first-order chi connectivity index (χ1) is 8.65. The topological polar surface area (TPSA) is 43.8 Å². The fourth-order valence-corrected chi connectivity index (χ4v) is 2.09. The Labute approximate surface area is 106 Å². The fourth-order valence-electron chi connectivity index (χ4n) is 2.09. The molecular weight excluding hydrogens is 229 g/mol. The summed E-state index contributed by atoms with van der Waals surface area (Å²) in [5.74, 6) is -0.253. The van der Waals surface area contributed by atoms with Crippen LogP contribution in [0.5, 0.6) is 0 Å². The lowest BCUT2D eigenvalue weighted by Gasteiger charge is -2.12. The number of aromatic nitrogens is 2. The van der Waals surface area contributed by atoms with Crippen molar-refractivity contribution in [2.75, 3.05) is 5.73 Å². The molecule has 0 spiro atoms. The molecule has 2 N–H and O–H groups in total. The summed E-state index contributed by atoms with van der Waals surface area (Å²) in [6.45, 7) is 4.26. The minimum atomic E-state index is -0.253. The number of nitrogen functional groups attached to an aromatic ring is 1. The second-order valence-corrected chi connectivity index (χ2v) is 4.39. The minimum absolute atomic E-state index is 0.253. The molecule has 1 aromatic heterocycles. The highest BCUT2D eigenvalue weighted by molar-refractivity contribution is 5.71. The van der Waals surface area contributed by atoms with Crippen LogP contribution >= 0.6 is 0 Å². The molecule has 0 saturated carbocycles. The molecule has 18 heavy (non-hydrogen) atoms. The second kappa shape index (κ2) is 5.21. The third-order valence-electron chi connectivity index (χ3n) is 3.19. The van der Waals surface area contributed by atoms with Crippen LogP contribution in [-0.4, -0.2) is 9.78 Å². The van der Waals surface area contributed by atoms with Gasteiger partial charge in [-0.1, -0.05) is 13.8 Å². The Morgan fingerprint density at radius 2 is 1.83 bits per heavy atom. The molecule has 4 heteroatoms. The standard InChI is InChI=1S/C14H18FN3/c1-3-12(4-2)18-9-13(16)14(17-18)10-5-7-11(15)8-6-10/h5-9,12H,3-4,16H2,1-2H3. The molecule has 0 bridgehead atoms. The van der Waals surface area contributed by atoms with E-state index in [-0.39, 0.29) is 5.82 Å². The Kier molecular flexibility index (Phi) is 3.65. The normalized spacial score (nSPS) is 11.1. The third-order valence-corrected chi connectivity index (χ3v) is 3.19. The summed E-state index contributed by atoms with van der Waals surface area (Å²) in [5, 5.41) is 4.52. The maximum atomic E-state index is 12.9. The van der Waals surface area contributed by atoms with E-state index in [9.17, 15) is 4.39 Å². The highest BCUT2D eigenvalue weighted by atomic mass is 19.1. The largest absolute Gasteiger partial charge is 0.396 e. The molecule has 0 saturated heterocycles. The smallest absolute Gasteiger partial charge is 0.123 e.